The van der Waals surface area contributed by atoms with E-state index in [1.165, 1.54) is 60.1 Å². The average Bonchev–Trinajstić information content (AvgIpc) is 3.13. The van der Waals surface area contributed by atoms with E-state index in [2.05, 4.69) is 128 Å². The molecule has 5 rings (SSSR count). The summed E-state index contributed by atoms with van der Waals surface area (Å²) in [5.41, 5.74) is 4.62. The Kier molecular flexibility index (Phi) is 13.0. The predicted molar refractivity (Wildman–Crippen MR) is 208 cm³/mol. The zero-order valence-electron chi connectivity index (χ0n) is 30.2. The summed E-state index contributed by atoms with van der Waals surface area (Å²) in [6, 6.07) is 33.8. The van der Waals surface area contributed by atoms with Gasteiger partial charge < -0.3 is 4.74 Å². The molecule has 0 saturated carbocycles. The number of hydrogen-bond acceptors (Lipinski definition) is 2. The van der Waals surface area contributed by atoms with Gasteiger partial charge in [0.2, 0.25) is 5.43 Å². The summed E-state index contributed by atoms with van der Waals surface area (Å²) in [4.78, 5) is 14.5. The summed E-state index contributed by atoms with van der Waals surface area (Å²) in [6.07, 6.45) is 7.40. The van der Waals surface area contributed by atoms with Gasteiger partial charge >= 0.3 is 0 Å². The third-order valence-electron chi connectivity index (χ3n) is 11.0. The van der Waals surface area contributed by atoms with E-state index in [9.17, 15) is 4.79 Å². The van der Waals surface area contributed by atoms with Gasteiger partial charge in [-0.3, -0.25) is 4.79 Å². The lowest BCUT2D eigenvalue weighted by atomic mass is 9.79. The third kappa shape index (κ3) is 8.24. The molecule has 0 aliphatic carbocycles. The van der Waals surface area contributed by atoms with Crippen LogP contribution < -0.4 is 5.43 Å². The lowest BCUT2D eigenvalue weighted by Crippen LogP contribution is -2.30. The van der Waals surface area contributed by atoms with Crippen LogP contribution in [0.4, 0.5) is 0 Å². The lowest BCUT2D eigenvalue weighted by Gasteiger charge is -2.34. The second-order valence-corrected chi connectivity index (χ2v) is 15.5. The van der Waals surface area contributed by atoms with Crippen LogP contribution in [0.5, 0.6) is 0 Å². The minimum Gasteiger partial charge on any atom is -0.380 e. The van der Waals surface area contributed by atoms with Gasteiger partial charge in [-0.2, -0.15) is 0 Å². The highest BCUT2D eigenvalue weighted by atomic mass is 32.2. The van der Waals surface area contributed by atoms with Crippen molar-refractivity contribution in [2.45, 2.75) is 99.8 Å². The van der Waals surface area contributed by atoms with Crippen LogP contribution in [0.2, 0.25) is 0 Å². The molecule has 0 bridgehead atoms. The molecule has 0 N–H and O–H groups in total. The van der Waals surface area contributed by atoms with E-state index >= 15 is 0 Å². The van der Waals surface area contributed by atoms with Crippen molar-refractivity contribution >= 4 is 30.6 Å². The fourth-order valence-electron chi connectivity index (χ4n) is 6.62. The van der Waals surface area contributed by atoms with Crippen LogP contribution in [-0.2, 0) is 4.74 Å². The molecule has 2 nitrogen and oxygen atoms in total. The average molecular weight is 650 g/mol. The van der Waals surface area contributed by atoms with Crippen molar-refractivity contribution in [2.75, 3.05) is 13.2 Å². The molecular formula is C44H57O2S+. The maximum Gasteiger partial charge on any atom is 0.203 e. The van der Waals surface area contributed by atoms with Gasteiger partial charge in [0.25, 0.3) is 0 Å². The Bertz CT molecular complexity index is 1720. The van der Waals surface area contributed by atoms with Crippen molar-refractivity contribution in [3.63, 3.8) is 0 Å². The molecule has 4 aromatic carbocycles. The first kappa shape index (κ1) is 36.6. The van der Waals surface area contributed by atoms with E-state index in [0.717, 1.165) is 33.4 Å². The van der Waals surface area contributed by atoms with Crippen LogP contribution in [0, 0.1) is 10.8 Å². The summed E-state index contributed by atoms with van der Waals surface area (Å²) in [5, 5.41) is 1.69. The summed E-state index contributed by atoms with van der Waals surface area (Å²) in [5.74, 6) is 0.396. The van der Waals surface area contributed by atoms with Gasteiger partial charge in [0.05, 0.1) is 24.0 Å². The van der Waals surface area contributed by atoms with Gasteiger partial charge in [0.1, 0.15) is 0 Å². The molecule has 0 fully saturated rings. The fourth-order valence-corrected chi connectivity index (χ4v) is 8.95. The number of hydrogen-bond donors (Lipinski definition) is 0. The minimum atomic E-state index is -0.286. The maximum atomic E-state index is 13.3. The minimum absolute atomic E-state index is 0.146. The van der Waals surface area contributed by atoms with Crippen molar-refractivity contribution in [1.82, 2.24) is 0 Å². The Labute approximate surface area is 287 Å². The van der Waals surface area contributed by atoms with Crippen molar-refractivity contribution in [1.29, 1.82) is 0 Å². The molecule has 1 aromatic heterocycles. The highest BCUT2D eigenvalue weighted by Gasteiger charge is 2.28. The molecule has 0 spiro atoms. The second kappa shape index (κ2) is 16.7. The van der Waals surface area contributed by atoms with Crippen LogP contribution in [0.1, 0.15) is 105 Å². The molecule has 1 unspecified atom stereocenters. The Balaban J connectivity index is 0.000000253. The molecule has 3 heteroatoms. The first-order valence-corrected chi connectivity index (χ1v) is 19.2. The van der Waals surface area contributed by atoms with Crippen molar-refractivity contribution < 1.29 is 4.74 Å². The molecule has 47 heavy (non-hydrogen) atoms. The Morgan fingerprint density at radius 2 is 1.06 bits per heavy atom. The zero-order chi connectivity index (χ0) is 34.0. The van der Waals surface area contributed by atoms with E-state index in [-0.39, 0.29) is 15.9 Å². The number of fused-ring (bicyclic) bond motifs is 2. The molecular weight excluding hydrogens is 593 g/mol. The maximum absolute atomic E-state index is 13.3. The van der Waals surface area contributed by atoms with Crippen molar-refractivity contribution in [3.05, 3.63) is 113 Å². The smallest absolute Gasteiger partial charge is 0.203 e. The third-order valence-corrected chi connectivity index (χ3v) is 13.3. The quantitative estimate of drug-likeness (QED) is 0.0937. The van der Waals surface area contributed by atoms with Crippen molar-refractivity contribution in [3.8, 4) is 16.0 Å². The molecule has 5 aromatic rings. The topological polar surface area (TPSA) is 26.3 Å². The van der Waals surface area contributed by atoms with Crippen LogP contribution in [0.15, 0.2) is 102 Å². The summed E-state index contributed by atoms with van der Waals surface area (Å²) >= 11 is 0. The van der Waals surface area contributed by atoms with E-state index in [1.807, 2.05) is 24.3 Å². The van der Waals surface area contributed by atoms with Crippen molar-refractivity contribution in [2.24, 2.45) is 10.8 Å². The highest BCUT2D eigenvalue weighted by Crippen LogP contribution is 2.44. The zero-order valence-corrected chi connectivity index (χ0v) is 31.0. The largest absolute Gasteiger partial charge is 0.380 e. The van der Waals surface area contributed by atoms with Gasteiger partial charge in [0, 0.05) is 10.5 Å². The fraction of sp³-hybridized carbons (Fsp3) is 0.432. The highest BCUT2D eigenvalue weighted by molar-refractivity contribution is 7.49. The summed E-state index contributed by atoms with van der Waals surface area (Å²) in [6.45, 7) is 20.0. The molecule has 0 radical (unpaired) electrons. The molecule has 250 valence electrons. The second-order valence-electron chi connectivity index (χ2n) is 13.5. The van der Waals surface area contributed by atoms with E-state index in [4.69, 9.17) is 4.74 Å². The van der Waals surface area contributed by atoms with E-state index in [0.29, 0.717) is 16.7 Å². The summed E-state index contributed by atoms with van der Waals surface area (Å²) in [7, 11) is -0.286. The molecule has 1 atom stereocenters. The van der Waals surface area contributed by atoms with Gasteiger partial charge in [0.15, 0.2) is 14.3 Å². The normalized spacial score (nSPS) is 12.4. The van der Waals surface area contributed by atoms with E-state index in [1.54, 1.807) is 0 Å². The molecule has 0 saturated heterocycles. The number of rotatable bonds is 13. The Morgan fingerprint density at radius 1 is 0.574 bits per heavy atom. The summed E-state index contributed by atoms with van der Waals surface area (Å²) < 4.78 is 8.37. The van der Waals surface area contributed by atoms with Crippen LogP contribution in [0.25, 0.3) is 36.2 Å². The van der Waals surface area contributed by atoms with Crippen LogP contribution >= 0.6 is 10.5 Å². The Hall–Kier alpha value is -3.27. The molecule has 0 amide bonds. The molecule has 1 heterocycles. The van der Waals surface area contributed by atoms with Gasteiger partial charge in [-0.05, 0) is 120 Å². The van der Waals surface area contributed by atoms with Gasteiger partial charge in [-0.25, -0.2) is 0 Å². The van der Waals surface area contributed by atoms with Crippen LogP contribution in [0.3, 0.4) is 0 Å². The van der Waals surface area contributed by atoms with Gasteiger partial charge in [-0.15, -0.1) is 0 Å². The predicted octanol–water partition coefficient (Wildman–Crippen LogP) is 13.3. The molecule has 0 aliphatic rings. The lowest BCUT2D eigenvalue weighted by molar-refractivity contribution is -0.0181. The standard InChI is InChI=1S/C28H23OS.C16H34O/c1-19(2)22-14-17-27-25(18-22)28(29)24-10-6-7-11-26(24)30(27)23-15-12-21(13-16-23)20-8-4-3-5-9-20;1-7-15(8-2,9-3)13-17-14-16(10-4,11-5)12-6/h3-19H,1-2H3;7-14H2,1-6H3/q+1;. The first-order chi connectivity index (χ1) is 22.7. The Morgan fingerprint density at radius 3 is 1.60 bits per heavy atom. The first-order valence-electron chi connectivity index (χ1n) is 18.0. The molecule has 0 aliphatic heterocycles. The monoisotopic (exact) mass is 649 g/mol. The number of benzene rings is 4. The number of ether oxygens (including phenoxy) is 1. The van der Waals surface area contributed by atoms with Gasteiger partial charge in [-0.1, -0.05) is 104 Å². The van der Waals surface area contributed by atoms with E-state index < -0.39 is 0 Å². The SMILES string of the molecule is CC(C)c1ccc2c(c1)c(=O)c1ccccc1[s+]2-c1ccc(-c2ccccc2)cc1.CCC(CC)(CC)COCC(CC)(CC)CC. The van der Waals surface area contributed by atoms with Crippen LogP contribution in [-0.4, -0.2) is 13.2 Å².